The molecule has 5 nitrogen and oxygen atoms in total. The number of halogens is 3. The summed E-state index contributed by atoms with van der Waals surface area (Å²) < 4.78 is 38.3. The largest absolute Gasteiger partial charge is 0.481 e. The van der Waals surface area contributed by atoms with Crippen molar-refractivity contribution in [3.05, 3.63) is 29.3 Å². The summed E-state index contributed by atoms with van der Waals surface area (Å²) in [5.74, 6) is -1.60. The van der Waals surface area contributed by atoms with Gasteiger partial charge in [0.05, 0.1) is 11.5 Å². The Morgan fingerprint density at radius 3 is 2.48 bits per heavy atom. The third-order valence-corrected chi connectivity index (χ3v) is 3.31. The molecule has 1 heterocycles. The lowest BCUT2D eigenvalue weighted by atomic mass is 10.0. The van der Waals surface area contributed by atoms with E-state index in [4.69, 9.17) is 5.11 Å². The van der Waals surface area contributed by atoms with Crippen molar-refractivity contribution in [2.24, 2.45) is 5.92 Å². The van der Waals surface area contributed by atoms with Crippen molar-refractivity contribution in [3.63, 3.8) is 0 Å². The molecule has 0 spiro atoms. The summed E-state index contributed by atoms with van der Waals surface area (Å²) in [6.45, 7) is 1.44. The highest BCUT2D eigenvalue weighted by atomic mass is 19.4. The van der Waals surface area contributed by atoms with Crippen molar-refractivity contribution in [2.45, 2.75) is 13.1 Å². The van der Waals surface area contributed by atoms with Crippen molar-refractivity contribution < 1.29 is 27.9 Å². The molecule has 8 heteroatoms. The zero-order valence-electron chi connectivity index (χ0n) is 11.1. The molecule has 21 heavy (non-hydrogen) atoms. The first-order valence-electron chi connectivity index (χ1n) is 6.15. The van der Waals surface area contributed by atoms with Crippen LogP contribution >= 0.6 is 0 Å². The number of carbonyl (C=O) groups is 2. The number of likely N-dealkylation sites (tertiary alicyclic amines) is 1. The predicted molar refractivity (Wildman–Crippen MR) is 67.9 cm³/mol. The zero-order valence-corrected chi connectivity index (χ0v) is 11.1. The number of carboxylic acids is 1. The third kappa shape index (κ3) is 3.26. The summed E-state index contributed by atoms with van der Waals surface area (Å²) in [4.78, 5) is 23.6. The number of alkyl halides is 3. The molecule has 0 radical (unpaired) electrons. The van der Waals surface area contributed by atoms with Gasteiger partial charge in [0.2, 0.25) is 0 Å². The van der Waals surface area contributed by atoms with Crippen molar-refractivity contribution in [1.82, 2.24) is 4.90 Å². The van der Waals surface area contributed by atoms with E-state index in [9.17, 15) is 22.8 Å². The molecule has 0 aromatic heterocycles. The molecular weight excluding hydrogens is 289 g/mol. The normalized spacial score (nSPS) is 15.5. The molecule has 0 bridgehead atoms. The van der Waals surface area contributed by atoms with Crippen LogP contribution in [0.25, 0.3) is 0 Å². The Labute approximate surface area is 118 Å². The van der Waals surface area contributed by atoms with Gasteiger partial charge in [0, 0.05) is 18.8 Å². The number of rotatable bonds is 2. The Kier molecular flexibility index (Phi) is 3.80. The maximum atomic E-state index is 12.8. The second-order valence-electron chi connectivity index (χ2n) is 4.90. The van der Waals surface area contributed by atoms with Crippen LogP contribution in [-0.4, -0.2) is 35.1 Å². The van der Waals surface area contributed by atoms with Gasteiger partial charge >= 0.3 is 18.2 Å². The Morgan fingerprint density at radius 2 is 1.95 bits per heavy atom. The predicted octanol–water partition coefficient (Wildman–Crippen LogP) is 2.56. The van der Waals surface area contributed by atoms with Gasteiger partial charge in [-0.05, 0) is 24.6 Å². The molecule has 0 atom stereocenters. The van der Waals surface area contributed by atoms with Gasteiger partial charge in [-0.3, -0.25) is 4.79 Å². The number of hydrogen-bond donors (Lipinski definition) is 2. The lowest BCUT2D eigenvalue weighted by Crippen LogP contribution is -2.54. The van der Waals surface area contributed by atoms with E-state index in [1.54, 1.807) is 0 Å². The molecule has 2 amide bonds. The standard InChI is InChI=1S/C13H13F3N2O3/c1-7-2-3-9(4-10(7)13(14,15)16)17-12(21)18-5-8(6-18)11(19)20/h2-4,8H,5-6H2,1H3,(H,17,21)(H,19,20). The molecule has 1 aromatic rings. The molecule has 1 aliphatic rings. The molecule has 0 saturated carbocycles. The maximum Gasteiger partial charge on any atom is 0.416 e. The minimum atomic E-state index is -4.49. The van der Waals surface area contributed by atoms with Crippen LogP contribution in [0.2, 0.25) is 0 Å². The first-order valence-corrected chi connectivity index (χ1v) is 6.15. The van der Waals surface area contributed by atoms with E-state index >= 15 is 0 Å². The average Bonchev–Trinajstić information content (AvgIpc) is 2.27. The number of nitrogens with one attached hydrogen (secondary N) is 1. The van der Waals surface area contributed by atoms with E-state index in [1.807, 2.05) is 0 Å². The Morgan fingerprint density at radius 1 is 1.33 bits per heavy atom. The van der Waals surface area contributed by atoms with E-state index in [0.717, 1.165) is 6.07 Å². The van der Waals surface area contributed by atoms with Gasteiger partial charge in [0.1, 0.15) is 0 Å². The minimum Gasteiger partial charge on any atom is -0.481 e. The fraction of sp³-hybridized carbons (Fsp3) is 0.385. The average molecular weight is 302 g/mol. The van der Waals surface area contributed by atoms with Crippen LogP contribution in [0.1, 0.15) is 11.1 Å². The zero-order chi connectivity index (χ0) is 15.8. The summed E-state index contributed by atoms with van der Waals surface area (Å²) in [6, 6.07) is 2.90. The molecule has 1 aromatic carbocycles. The highest BCUT2D eigenvalue weighted by molar-refractivity contribution is 5.91. The fourth-order valence-corrected chi connectivity index (χ4v) is 2.01. The van der Waals surface area contributed by atoms with Gasteiger partial charge in [-0.15, -0.1) is 0 Å². The minimum absolute atomic E-state index is 0.0247. The Hall–Kier alpha value is -2.25. The molecule has 0 unspecified atom stereocenters. The molecule has 114 valence electrons. The van der Waals surface area contributed by atoms with E-state index in [2.05, 4.69) is 5.32 Å². The second-order valence-corrected chi connectivity index (χ2v) is 4.90. The summed E-state index contributed by atoms with van der Waals surface area (Å²) in [6.07, 6.45) is -4.49. The van der Waals surface area contributed by atoms with Crippen molar-refractivity contribution >= 4 is 17.7 Å². The van der Waals surface area contributed by atoms with Crippen LogP contribution in [0.5, 0.6) is 0 Å². The van der Waals surface area contributed by atoms with Gasteiger partial charge in [0.15, 0.2) is 0 Å². The lowest BCUT2D eigenvalue weighted by Gasteiger charge is -2.36. The van der Waals surface area contributed by atoms with Crippen LogP contribution in [0, 0.1) is 12.8 Å². The van der Waals surface area contributed by atoms with Crippen molar-refractivity contribution in [3.8, 4) is 0 Å². The highest BCUT2D eigenvalue weighted by Crippen LogP contribution is 2.33. The number of carboxylic acid groups (broad SMARTS) is 1. The van der Waals surface area contributed by atoms with E-state index in [0.29, 0.717) is 0 Å². The molecule has 1 fully saturated rings. The number of aryl methyl sites for hydroxylation is 1. The summed E-state index contributed by atoms with van der Waals surface area (Å²) in [5, 5.41) is 11.0. The summed E-state index contributed by atoms with van der Waals surface area (Å²) in [7, 11) is 0. The highest BCUT2D eigenvalue weighted by Gasteiger charge is 2.36. The third-order valence-electron chi connectivity index (χ3n) is 3.31. The van der Waals surface area contributed by atoms with E-state index in [1.165, 1.54) is 24.0 Å². The number of anilines is 1. The fourth-order valence-electron chi connectivity index (χ4n) is 2.01. The van der Waals surface area contributed by atoms with Gasteiger partial charge in [-0.25, -0.2) is 4.79 Å². The van der Waals surface area contributed by atoms with Gasteiger partial charge in [-0.2, -0.15) is 13.2 Å². The number of nitrogens with zero attached hydrogens (tertiary/aromatic N) is 1. The Balaban J connectivity index is 2.04. The van der Waals surface area contributed by atoms with Gasteiger partial charge in [-0.1, -0.05) is 6.07 Å². The van der Waals surface area contributed by atoms with Crippen LogP contribution in [0.15, 0.2) is 18.2 Å². The van der Waals surface area contributed by atoms with Crippen LogP contribution in [-0.2, 0) is 11.0 Å². The quantitative estimate of drug-likeness (QED) is 0.882. The smallest absolute Gasteiger partial charge is 0.416 e. The Bertz CT molecular complexity index is 581. The van der Waals surface area contributed by atoms with Crippen LogP contribution < -0.4 is 5.32 Å². The van der Waals surface area contributed by atoms with Crippen LogP contribution in [0.3, 0.4) is 0 Å². The molecule has 2 rings (SSSR count). The van der Waals surface area contributed by atoms with E-state index in [-0.39, 0.29) is 24.3 Å². The van der Waals surface area contributed by atoms with Crippen molar-refractivity contribution in [1.29, 1.82) is 0 Å². The number of aliphatic carboxylic acids is 1. The first-order chi connectivity index (χ1) is 9.68. The molecule has 1 aliphatic heterocycles. The number of amides is 2. The number of urea groups is 1. The number of hydrogen-bond acceptors (Lipinski definition) is 2. The first kappa shape index (κ1) is 15.1. The molecular formula is C13H13F3N2O3. The van der Waals surface area contributed by atoms with Gasteiger partial charge < -0.3 is 15.3 Å². The SMILES string of the molecule is Cc1ccc(NC(=O)N2CC(C(=O)O)C2)cc1C(F)(F)F. The number of carbonyl (C=O) groups excluding carboxylic acids is 1. The molecule has 1 saturated heterocycles. The number of benzene rings is 1. The summed E-state index contributed by atoms with van der Waals surface area (Å²) in [5.41, 5.74) is -0.723. The molecule has 0 aliphatic carbocycles. The topological polar surface area (TPSA) is 69.6 Å². The second kappa shape index (κ2) is 5.27. The van der Waals surface area contributed by atoms with Crippen molar-refractivity contribution in [2.75, 3.05) is 18.4 Å². The molecule has 2 N–H and O–H groups in total. The maximum absolute atomic E-state index is 12.8. The summed E-state index contributed by atoms with van der Waals surface area (Å²) >= 11 is 0. The monoisotopic (exact) mass is 302 g/mol. The van der Waals surface area contributed by atoms with Crippen LogP contribution in [0.4, 0.5) is 23.7 Å². The van der Waals surface area contributed by atoms with Gasteiger partial charge in [0.25, 0.3) is 0 Å². The van der Waals surface area contributed by atoms with E-state index < -0.39 is 29.7 Å². The lowest BCUT2D eigenvalue weighted by molar-refractivity contribution is -0.146.